The van der Waals surface area contributed by atoms with Gasteiger partial charge in [0.2, 0.25) is 6.23 Å². The molecule has 5 rings (SSSR count). The number of methoxy groups -OCH3 is 1. The molecule has 0 unspecified atom stereocenters. The van der Waals surface area contributed by atoms with Crippen molar-refractivity contribution in [1.29, 1.82) is 0 Å². The summed E-state index contributed by atoms with van der Waals surface area (Å²) in [6.45, 7) is 0. The molecule has 0 radical (unpaired) electrons. The zero-order valence-electron chi connectivity index (χ0n) is 15.7. The monoisotopic (exact) mass is 512 g/mol. The molecule has 4 nitrogen and oxygen atoms in total. The van der Waals surface area contributed by atoms with Gasteiger partial charge in [0.15, 0.2) is 0 Å². The number of hydrazone groups is 1. The molecule has 3 aromatic carbocycles. The van der Waals surface area contributed by atoms with Crippen molar-refractivity contribution in [3.63, 3.8) is 0 Å². The highest BCUT2D eigenvalue weighted by Gasteiger charge is 2.41. The summed E-state index contributed by atoms with van der Waals surface area (Å²) < 4.78 is 14.1. The standard InChI is InChI=1S/C23H18Br2N2O2/c1-28-21-11-10-16(25)12-18(21)23-27-20(17-4-2-3-5-22(17)29-23)13-19(26-27)14-6-8-15(24)9-7-14/h2-12,20,23H,13H2,1H3/t20-,23+/m1/s1. The van der Waals surface area contributed by atoms with Crippen LogP contribution < -0.4 is 9.47 Å². The molecule has 0 saturated heterocycles. The van der Waals surface area contributed by atoms with E-state index in [-0.39, 0.29) is 12.3 Å². The van der Waals surface area contributed by atoms with E-state index < -0.39 is 0 Å². The van der Waals surface area contributed by atoms with E-state index in [0.29, 0.717) is 0 Å². The van der Waals surface area contributed by atoms with Gasteiger partial charge in [0, 0.05) is 20.9 Å². The minimum absolute atomic E-state index is 0.118. The van der Waals surface area contributed by atoms with E-state index in [4.69, 9.17) is 14.6 Å². The second-order valence-electron chi connectivity index (χ2n) is 7.05. The van der Waals surface area contributed by atoms with Crippen molar-refractivity contribution in [2.45, 2.75) is 18.7 Å². The summed E-state index contributed by atoms with van der Waals surface area (Å²) >= 11 is 7.09. The minimum atomic E-state index is -0.365. The Bertz CT molecular complexity index is 1100. The van der Waals surface area contributed by atoms with Crippen LogP contribution in [-0.2, 0) is 0 Å². The van der Waals surface area contributed by atoms with Crippen LogP contribution in [0.5, 0.6) is 11.5 Å². The molecule has 2 heterocycles. The van der Waals surface area contributed by atoms with E-state index in [9.17, 15) is 0 Å². The topological polar surface area (TPSA) is 34.1 Å². The molecule has 0 fully saturated rings. The largest absolute Gasteiger partial charge is 0.496 e. The first kappa shape index (κ1) is 18.7. The smallest absolute Gasteiger partial charge is 0.217 e. The van der Waals surface area contributed by atoms with Crippen LogP contribution in [0.4, 0.5) is 0 Å². The van der Waals surface area contributed by atoms with E-state index in [1.54, 1.807) is 7.11 Å². The molecule has 0 saturated carbocycles. The maximum atomic E-state index is 6.44. The van der Waals surface area contributed by atoms with Crippen LogP contribution in [0, 0.1) is 0 Å². The number of rotatable bonds is 3. The molecule has 0 bridgehead atoms. The normalized spacial score (nSPS) is 19.8. The van der Waals surface area contributed by atoms with Crippen LogP contribution in [0.1, 0.15) is 35.4 Å². The molecule has 2 aliphatic rings. The van der Waals surface area contributed by atoms with Crippen molar-refractivity contribution in [1.82, 2.24) is 5.01 Å². The van der Waals surface area contributed by atoms with Crippen LogP contribution in [-0.4, -0.2) is 17.8 Å². The number of fused-ring (bicyclic) bond motifs is 3. The molecule has 29 heavy (non-hydrogen) atoms. The lowest BCUT2D eigenvalue weighted by molar-refractivity contribution is -0.0203. The summed E-state index contributed by atoms with van der Waals surface area (Å²) in [6, 6.07) is 22.6. The van der Waals surface area contributed by atoms with Crippen LogP contribution in [0.3, 0.4) is 0 Å². The van der Waals surface area contributed by atoms with Crippen molar-refractivity contribution in [2.75, 3.05) is 7.11 Å². The van der Waals surface area contributed by atoms with Gasteiger partial charge >= 0.3 is 0 Å². The Hall–Kier alpha value is -2.31. The first-order valence-corrected chi connectivity index (χ1v) is 10.9. The molecule has 146 valence electrons. The summed E-state index contributed by atoms with van der Waals surface area (Å²) in [4.78, 5) is 0. The fraction of sp³-hybridized carbons (Fsp3) is 0.174. The maximum absolute atomic E-state index is 6.44. The zero-order valence-corrected chi connectivity index (χ0v) is 18.9. The van der Waals surface area contributed by atoms with Crippen molar-refractivity contribution in [3.05, 3.63) is 92.4 Å². The molecular weight excluding hydrogens is 496 g/mol. The number of benzene rings is 3. The van der Waals surface area contributed by atoms with Crippen molar-refractivity contribution < 1.29 is 9.47 Å². The highest BCUT2D eigenvalue weighted by molar-refractivity contribution is 9.10. The van der Waals surface area contributed by atoms with Gasteiger partial charge in [-0.25, -0.2) is 5.01 Å². The quantitative estimate of drug-likeness (QED) is 0.403. The third kappa shape index (κ3) is 3.34. The van der Waals surface area contributed by atoms with Crippen LogP contribution in [0.25, 0.3) is 0 Å². The Morgan fingerprint density at radius 2 is 1.72 bits per heavy atom. The molecule has 0 aromatic heterocycles. The molecular formula is C23H18Br2N2O2. The van der Waals surface area contributed by atoms with Gasteiger partial charge in [0.1, 0.15) is 11.5 Å². The van der Waals surface area contributed by atoms with Gasteiger partial charge in [0.25, 0.3) is 0 Å². The molecule has 2 atom stereocenters. The molecule has 2 aliphatic heterocycles. The Balaban J connectivity index is 1.62. The summed E-state index contributed by atoms with van der Waals surface area (Å²) in [7, 11) is 1.68. The Morgan fingerprint density at radius 1 is 0.966 bits per heavy atom. The lowest BCUT2D eigenvalue weighted by atomic mass is 9.96. The molecule has 0 aliphatic carbocycles. The highest BCUT2D eigenvalue weighted by Crippen LogP contribution is 2.49. The fourth-order valence-electron chi connectivity index (χ4n) is 3.95. The van der Waals surface area contributed by atoms with E-state index >= 15 is 0 Å². The third-order valence-corrected chi connectivity index (χ3v) is 6.36. The second kappa shape index (κ2) is 7.50. The second-order valence-corrected chi connectivity index (χ2v) is 8.88. The van der Waals surface area contributed by atoms with Gasteiger partial charge in [-0.2, -0.15) is 5.10 Å². The Kier molecular flexibility index (Phi) is 4.84. The van der Waals surface area contributed by atoms with E-state index in [0.717, 1.165) is 49.3 Å². The van der Waals surface area contributed by atoms with Crippen molar-refractivity contribution in [3.8, 4) is 11.5 Å². The molecule has 6 heteroatoms. The average molecular weight is 514 g/mol. The van der Waals surface area contributed by atoms with Gasteiger partial charge < -0.3 is 9.47 Å². The fourth-order valence-corrected chi connectivity index (χ4v) is 4.60. The van der Waals surface area contributed by atoms with Crippen LogP contribution in [0.15, 0.2) is 80.8 Å². The third-order valence-electron chi connectivity index (χ3n) is 5.33. The van der Waals surface area contributed by atoms with Gasteiger partial charge in [-0.15, -0.1) is 0 Å². The lowest BCUT2D eigenvalue weighted by Crippen LogP contribution is -2.33. The lowest BCUT2D eigenvalue weighted by Gasteiger charge is -2.38. The summed E-state index contributed by atoms with van der Waals surface area (Å²) in [5.41, 5.74) is 4.29. The number of halogens is 2. The number of nitrogens with zero attached hydrogens (tertiary/aromatic N) is 2. The van der Waals surface area contributed by atoms with Gasteiger partial charge in [-0.1, -0.05) is 62.2 Å². The molecule has 0 spiro atoms. The first-order chi connectivity index (χ1) is 14.1. The van der Waals surface area contributed by atoms with Crippen molar-refractivity contribution >= 4 is 37.6 Å². The van der Waals surface area contributed by atoms with Crippen LogP contribution in [0.2, 0.25) is 0 Å². The number of hydrogen-bond donors (Lipinski definition) is 0. The van der Waals surface area contributed by atoms with Crippen LogP contribution >= 0.6 is 31.9 Å². The SMILES string of the molecule is COc1ccc(Br)cc1[C@@H]1Oc2ccccc2[C@H]2CC(c3ccc(Br)cc3)=NN21. The minimum Gasteiger partial charge on any atom is -0.496 e. The molecule has 0 amide bonds. The summed E-state index contributed by atoms with van der Waals surface area (Å²) in [5.74, 6) is 1.68. The van der Waals surface area contributed by atoms with E-state index in [1.807, 2.05) is 30.3 Å². The van der Waals surface area contributed by atoms with Gasteiger partial charge in [0.05, 0.1) is 24.4 Å². The average Bonchev–Trinajstić information content (AvgIpc) is 3.19. The van der Waals surface area contributed by atoms with Gasteiger partial charge in [-0.05, 0) is 42.0 Å². The van der Waals surface area contributed by atoms with Gasteiger partial charge in [-0.3, -0.25) is 0 Å². The number of para-hydroxylation sites is 1. The predicted molar refractivity (Wildman–Crippen MR) is 120 cm³/mol. The number of ether oxygens (including phenoxy) is 2. The van der Waals surface area contributed by atoms with E-state index in [1.165, 1.54) is 0 Å². The molecule has 3 aromatic rings. The summed E-state index contributed by atoms with van der Waals surface area (Å²) in [6.07, 6.45) is 0.463. The molecule has 0 N–H and O–H groups in total. The zero-order chi connectivity index (χ0) is 20.0. The maximum Gasteiger partial charge on any atom is 0.217 e. The Morgan fingerprint density at radius 3 is 2.52 bits per heavy atom. The first-order valence-electron chi connectivity index (χ1n) is 9.35. The highest BCUT2D eigenvalue weighted by atomic mass is 79.9. The van der Waals surface area contributed by atoms with Crippen molar-refractivity contribution in [2.24, 2.45) is 5.10 Å². The number of hydrogen-bond acceptors (Lipinski definition) is 4. The summed E-state index contributed by atoms with van der Waals surface area (Å²) in [5, 5.41) is 7.08. The predicted octanol–water partition coefficient (Wildman–Crippen LogP) is 6.46. The van der Waals surface area contributed by atoms with E-state index in [2.05, 4.69) is 73.3 Å². The Labute approximate surface area is 186 Å².